The molecule has 0 aliphatic rings. The van der Waals surface area contributed by atoms with Crippen molar-refractivity contribution in [3.05, 3.63) is 49.0 Å². The Morgan fingerprint density at radius 3 is 2.62 bits per heavy atom. The average Bonchev–Trinajstić information content (AvgIpc) is 2.85. The molecule has 1 N–H and O–H groups in total. The van der Waals surface area contributed by atoms with Crippen molar-refractivity contribution >= 4 is 43.2 Å². The molecule has 0 unspecified atom stereocenters. The summed E-state index contributed by atoms with van der Waals surface area (Å²) >= 11 is 8.75. The predicted molar refractivity (Wildman–Crippen MR) is 97.0 cm³/mol. The summed E-state index contributed by atoms with van der Waals surface area (Å²) in [5, 5.41) is 3.46. The van der Waals surface area contributed by atoms with Crippen LogP contribution in [0.3, 0.4) is 0 Å². The van der Waals surface area contributed by atoms with E-state index in [4.69, 9.17) is 4.74 Å². The first-order valence-electron chi connectivity index (χ1n) is 6.90. The van der Waals surface area contributed by atoms with E-state index in [2.05, 4.69) is 63.2 Å². The fraction of sp³-hybridized carbons (Fsp3) is 0.375. The highest BCUT2D eigenvalue weighted by molar-refractivity contribution is 9.11. The van der Waals surface area contributed by atoms with Crippen LogP contribution in [0.15, 0.2) is 39.3 Å². The van der Waals surface area contributed by atoms with Gasteiger partial charge in [0.2, 0.25) is 0 Å². The molecular formula is C16H19Br2NOS. The highest BCUT2D eigenvalue weighted by Crippen LogP contribution is 2.29. The standard InChI is InChI=1S/C16H19Br2NOS/c1-11(2)8-19-9-13-4-5-14(21-13)10-20-16-6-3-12(17)7-15(16)18/h3-7,11,19H,8-10H2,1-2H3. The molecule has 0 saturated carbocycles. The fourth-order valence-corrected chi connectivity index (χ4v) is 3.88. The van der Waals surface area contributed by atoms with Gasteiger partial charge in [-0.1, -0.05) is 29.8 Å². The Kier molecular flexibility index (Phi) is 6.74. The maximum absolute atomic E-state index is 5.86. The first-order valence-corrected chi connectivity index (χ1v) is 9.31. The lowest BCUT2D eigenvalue weighted by Gasteiger charge is -2.07. The molecule has 1 aromatic carbocycles. The van der Waals surface area contributed by atoms with E-state index >= 15 is 0 Å². The van der Waals surface area contributed by atoms with Crippen molar-refractivity contribution in [2.75, 3.05) is 6.54 Å². The molecule has 21 heavy (non-hydrogen) atoms. The maximum Gasteiger partial charge on any atom is 0.134 e. The normalized spacial score (nSPS) is 11.1. The summed E-state index contributed by atoms with van der Waals surface area (Å²) in [6.45, 7) is 7.03. The van der Waals surface area contributed by atoms with Gasteiger partial charge in [-0.3, -0.25) is 0 Å². The van der Waals surface area contributed by atoms with Crippen LogP contribution in [0.5, 0.6) is 5.75 Å². The van der Waals surface area contributed by atoms with Gasteiger partial charge in [0.25, 0.3) is 0 Å². The second kappa shape index (κ2) is 8.32. The molecule has 0 amide bonds. The number of nitrogens with one attached hydrogen (secondary N) is 1. The fourth-order valence-electron chi connectivity index (χ4n) is 1.82. The van der Waals surface area contributed by atoms with E-state index in [1.807, 2.05) is 18.2 Å². The van der Waals surface area contributed by atoms with Gasteiger partial charge in [0.15, 0.2) is 0 Å². The third kappa shape index (κ3) is 5.74. The smallest absolute Gasteiger partial charge is 0.134 e. The molecule has 2 rings (SSSR count). The van der Waals surface area contributed by atoms with Crippen LogP contribution in [0.4, 0.5) is 0 Å². The molecule has 0 fully saturated rings. The maximum atomic E-state index is 5.86. The Hall–Kier alpha value is -0.360. The molecule has 1 aromatic heterocycles. The second-order valence-electron chi connectivity index (χ2n) is 5.26. The summed E-state index contributed by atoms with van der Waals surface area (Å²) in [6.07, 6.45) is 0. The lowest BCUT2D eigenvalue weighted by Crippen LogP contribution is -2.18. The van der Waals surface area contributed by atoms with Crippen LogP contribution in [0.25, 0.3) is 0 Å². The minimum atomic E-state index is 0.606. The number of hydrogen-bond acceptors (Lipinski definition) is 3. The van der Waals surface area contributed by atoms with Gasteiger partial charge in [0.05, 0.1) is 4.47 Å². The quantitative estimate of drug-likeness (QED) is 0.614. The summed E-state index contributed by atoms with van der Waals surface area (Å²) < 4.78 is 7.86. The van der Waals surface area contributed by atoms with Gasteiger partial charge >= 0.3 is 0 Å². The van der Waals surface area contributed by atoms with Crippen molar-refractivity contribution in [2.24, 2.45) is 5.92 Å². The van der Waals surface area contributed by atoms with Gasteiger partial charge in [0, 0.05) is 20.8 Å². The van der Waals surface area contributed by atoms with Gasteiger partial charge in [0.1, 0.15) is 12.4 Å². The lowest BCUT2D eigenvalue weighted by molar-refractivity contribution is 0.308. The first kappa shape index (κ1) is 17.0. The third-order valence-electron chi connectivity index (χ3n) is 2.83. The minimum Gasteiger partial charge on any atom is -0.487 e. The van der Waals surface area contributed by atoms with Crippen molar-refractivity contribution in [3.63, 3.8) is 0 Å². The number of rotatable bonds is 7. The number of hydrogen-bond donors (Lipinski definition) is 1. The molecule has 0 atom stereocenters. The van der Waals surface area contributed by atoms with Gasteiger partial charge in [-0.25, -0.2) is 0 Å². The van der Waals surface area contributed by atoms with E-state index in [0.29, 0.717) is 12.5 Å². The zero-order chi connectivity index (χ0) is 15.2. The topological polar surface area (TPSA) is 21.3 Å². The molecule has 0 saturated heterocycles. The Morgan fingerprint density at radius 2 is 1.90 bits per heavy atom. The van der Waals surface area contributed by atoms with Gasteiger partial charge in [-0.15, -0.1) is 11.3 Å². The summed E-state index contributed by atoms with van der Waals surface area (Å²) in [6, 6.07) is 10.3. The Balaban J connectivity index is 1.85. The van der Waals surface area contributed by atoms with Gasteiger partial charge < -0.3 is 10.1 Å². The zero-order valence-corrected chi connectivity index (χ0v) is 16.1. The molecule has 0 bridgehead atoms. The van der Waals surface area contributed by atoms with Crippen LogP contribution in [0.2, 0.25) is 0 Å². The van der Waals surface area contributed by atoms with Crippen LogP contribution >= 0.6 is 43.2 Å². The van der Waals surface area contributed by atoms with E-state index in [-0.39, 0.29) is 0 Å². The average molecular weight is 433 g/mol. The van der Waals surface area contributed by atoms with Crippen molar-refractivity contribution in [3.8, 4) is 5.75 Å². The minimum absolute atomic E-state index is 0.606. The Bertz CT molecular complexity index is 583. The van der Waals surface area contributed by atoms with Crippen molar-refractivity contribution in [2.45, 2.75) is 27.0 Å². The van der Waals surface area contributed by atoms with Gasteiger partial charge in [-0.05, 0) is 58.7 Å². The van der Waals surface area contributed by atoms with Crippen molar-refractivity contribution < 1.29 is 4.74 Å². The van der Waals surface area contributed by atoms with E-state index in [0.717, 1.165) is 27.8 Å². The zero-order valence-electron chi connectivity index (χ0n) is 12.2. The van der Waals surface area contributed by atoms with Crippen LogP contribution in [-0.4, -0.2) is 6.54 Å². The molecule has 0 radical (unpaired) electrons. The van der Waals surface area contributed by atoms with Gasteiger partial charge in [-0.2, -0.15) is 0 Å². The lowest BCUT2D eigenvalue weighted by atomic mass is 10.2. The van der Waals surface area contributed by atoms with Crippen molar-refractivity contribution in [1.29, 1.82) is 0 Å². The molecule has 1 heterocycles. The first-order chi connectivity index (χ1) is 10.0. The predicted octanol–water partition coefficient (Wildman–Crippen LogP) is 5.60. The summed E-state index contributed by atoms with van der Waals surface area (Å²) in [5.41, 5.74) is 0. The molecular weight excluding hydrogens is 414 g/mol. The van der Waals surface area contributed by atoms with Crippen molar-refractivity contribution in [1.82, 2.24) is 5.32 Å². The highest BCUT2D eigenvalue weighted by atomic mass is 79.9. The SMILES string of the molecule is CC(C)CNCc1ccc(COc2ccc(Br)cc2Br)s1. The van der Waals surface area contributed by atoms with Crippen LogP contribution in [0, 0.1) is 5.92 Å². The molecule has 114 valence electrons. The summed E-state index contributed by atoms with van der Waals surface area (Å²) in [4.78, 5) is 2.59. The van der Waals surface area contributed by atoms with Crippen LogP contribution in [-0.2, 0) is 13.2 Å². The van der Waals surface area contributed by atoms with E-state index < -0.39 is 0 Å². The third-order valence-corrected chi connectivity index (χ3v) is 5.00. The number of thiophene rings is 1. The van der Waals surface area contributed by atoms with E-state index in [9.17, 15) is 0 Å². The molecule has 5 heteroatoms. The Morgan fingerprint density at radius 1 is 1.14 bits per heavy atom. The second-order valence-corrected chi connectivity index (χ2v) is 8.28. The van der Waals surface area contributed by atoms with Crippen LogP contribution < -0.4 is 10.1 Å². The molecule has 2 aromatic rings. The van der Waals surface area contributed by atoms with E-state index in [1.165, 1.54) is 9.75 Å². The Labute approximate surface area is 147 Å². The summed E-state index contributed by atoms with van der Waals surface area (Å²) in [7, 11) is 0. The molecule has 0 aliphatic carbocycles. The van der Waals surface area contributed by atoms with Crippen LogP contribution in [0.1, 0.15) is 23.6 Å². The number of ether oxygens (including phenoxy) is 1. The van der Waals surface area contributed by atoms with E-state index in [1.54, 1.807) is 11.3 Å². The largest absolute Gasteiger partial charge is 0.487 e. The molecule has 0 spiro atoms. The molecule has 0 aliphatic heterocycles. The summed E-state index contributed by atoms with van der Waals surface area (Å²) in [5.74, 6) is 1.55. The number of halogens is 2. The molecule has 2 nitrogen and oxygen atoms in total. The number of benzene rings is 1. The monoisotopic (exact) mass is 431 g/mol. The highest BCUT2D eigenvalue weighted by Gasteiger charge is 2.05.